The molecule has 1 aliphatic heterocycles. The Kier molecular flexibility index (Phi) is 28.1. The summed E-state index contributed by atoms with van der Waals surface area (Å²) < 4.78 is 4.94. The van der Waals surface area contributed by atoms with Gasteiger partial charge in [-0.2, -0.15) is 6.42 Å². The van der Waals surface area contributed by atoms with E-state index in [-0.39, 0.29) is 31.9 Å². The number of halogens is 1. The van der Waals surface area contributed by atoms with Crippen molar-refractivity contribution in [1.82, 2.24) is 0 Å². The molecule has 1 fully saturated rings. The van der Waals surface area contributed by atoms with Gasteiger partial charge in [0.25, 0.3) is 0 Å². The zero-order valence-corrected chi connectivity index (χ0v) is 10.5. The first kappa shape index (κ1) is 17.1. The summed E-state index contributed by atoms with van der Waals surface area (Å²) in [5.74, 6) is 0. The van der Waals surface area contributed by atoms with Crippen LogP contribution >= 0.6 is 0 Å². The SMILES string of the molecule is C1CCOC1.[CH2-]CC.[Cl-].[Zn+2]. The number of rotatable bonds is 0. The smallest absolute Gasteiger partial charge is 1.00 e. The predicted octanol–water partition coefficient (Wildman–Crippen LogP) is -0.971. The summed E-state index contributed by atoms with van der Waals surface area (Å²) in [7, 11) is 0. The third-order valence-corrected chi connectivity index (χ3v) is 0.827. The third-order valence-electron chi connectivity index (χ3n) is 0.827. The molecule has 0 atom stereocenters. The van der Waals surface area contributed by atoms with Crippen molar-refractivity contribution in [2.45, 2.75) is 26.2 Å². The Morgan fingerprint density at radius 2 is 1.60 bits per heavy atom. The molecule has 10 heavy (non-hydrogen) atoms. The van der Waals surface area contributed by atoms with Crippen LogP contribution in [0.4, 0.5) is 0 Å². The molecule has 1 aliphatic rings. The Bertz CT molecular complexity index is 33.0. The molecule has 0 spiro atoms. The monoisotopic (exact) mass is 214 g/mol. The molecule has 0 N–H and O–H groups in total. The van der Waals surface area contributed by atoms with Gasteiger partial charge in [0.15, 0.2) is 0 Å². The molecule has 0 radical (unpaired) electrons. The van der Waals surface area contributed by atoms with Crippen LogP contribution in [0.1, 0.15) is 26.2 Å². The van der Waals surface area contributed by atoms with Crippen molar-refractivity contribution in [3.8, 4) is 0 Å². The van der Waals surface area contributed by atoms with Crippen LogP contribution in [0.3, 0.4) is 0 Å². The van der Waals surface area contributed by atoms with Gasteiger partial charge >= 0.3 is 19.5 Å². The average molecular weight is 216 g/mol. The maximum Gasteiger partial charge on any atom is 2.00 e. The van der Waals surface area contributed by atoms with Crippen LogP contribution in [-0.4, -0.2) is 13.2 Å². The van der Waals surface area contributed by atoms with Crippen LogP contribution in [0.15, 0.2) is 0 Å². The van der Waals surface area contributed by atoms with E-state index < -0.39 is 0 Å². The second-order valence-electron chi connectivity index (χ2n) is 1.82. The minimum Gasteiger partial charge on any atom is -1.00 e. The topological polar surface area (TPSA) is 9.23 Å². The van der Waals surface area contributed by atoms with Gasteiger partial charge in [-0.25, -0.2) is 0 Å². The van der Waals surface area contributed by atoms with E-state index in [1.807, 2.05) is 6.92 Å². The molecule has 0 aliphatic carbocycles. The van der Waals surface area contributed by atoms with Gasteiger partial charge in [-0.1, -0.05) is 6.92 Å². The number of hydrogen-bond acceptors (Lipinski definition) is 1. The standard InChI is InChI=1S/C4H8O.C3H7.ClH.Zn/c1-2-4-5-3-1;1-3-2;;/h1-4H2;1,3H2,2H3;1H;/q;-1;;+2/p-1. The first-order chi connectivity index (χ1) is 3.91. The molecule has 0 amide bonds. The fourth-order valence-corrected chi connectivity index (χ4v) is 0.510. The van der Waals surface area contributed by atoms with Crippen LogP contribution in [0.2, 0.25) is 0 Å². The van der Waals surface area contributed by atoms with Crippen LogP contribution < -0.4 is 12.4 Å². The summed E-state index contributed by atoms with van der Waals surface area (Å²) in [5.41, 5.74) is 0. The van der Waals surface area contributed by atoms with E-state index in [1.165, 1.54) is 12.8 Å². The predicted molar refractivity (Wildman–Crippen MR) is 35.7 cm³/mol. The number of ether oxygens (including phenoxy) is 1. The minimum absolute atomic E-state index is 0. The molecule has 0 aromatic carbocycles. The Labute approximate surface area is 83.1 Å². The normalized spacial score (nSPS) is 13.8. The third kappa shape index (κ3) is 15.9. The van der Waals surface area contributed by atoms with Gasteiger partial charge in [0, 0.05) is 13.2 Å². The van der Waals surface area contributed by atoms with Gasteiger partial charge in [-0.15, -0.1) is 0 Å². The molecule has 58 valence electrons. The Morgan fingerprint density at radius 3 is 1.70 bits per heavy atom. The quantitative estimate of drug-likeness (QED) is 0.374. The molecule has 0 unspecified atom stereocenters. The second kappa shape index (κ2) is 16.5. The molecular formula is C7H15ClOZn. The molecule has 0 aromatic rings. The van der Waals surface area contributed by atoms with Gasteiger partial charge < -0.3 is 24.1 Å². The Hall–Kier alpha value is 0.873. The summed E-state index contributed by atoms with van der Waals surface area (Å²) in [5, 5.41) is 0. The van der Waals surface area contributed by atoms with E-state index in [2.05, 4.69) is 6.92 Å². The molecule has 0 bridgehead atoms. The zero-order chi connectivity index (χ0) is 6.24. The van der Waals surface area contributed by atoms with E-state index in [4.69, 9.17) is 4.74 Å². The summed E-state index contributed by atoms with van der Waals surface area (Å²) >= 11 is 0. The summed E-state index contributed by atoms with van der Waals surface area (Å²) in [6.45, 7) is 7.50. The van der Waals surface area contributed by atoms with E-state index >= 15 is 0 Å². The number of hydrogen-bond donors (Lipinski definition) is 0. The van der Waals surface area contributed by atoms with Gasteiger partial charge in [0.1, 0.15) is 0 Å². The molecule has 0 saturated carbocycles. The minimum atomic E-state index is 0. The van der Waals surface area contributed by atoms with E-state index in [0.29, 0.717) is 0 Å². The second-order valence-corrected chi connectivity index (χ2v) is 1.82. The van der Waals surface area contributed by atoms with Crippen LogP contribution in [0.5, 0.6) is 0 Å². The Morgan fingerprint density at radius 1 is 1.30 bits per heavy atom. The molecule has 0 aromatic heterocycles. The van der Waals surface area contributed by atoms with Gasteiger partial charge in [0.05, 0.1) is 0 Å². The van der Waals surface area contributed by atoms with Crippen molar-refractivity contribution in [2.75, 3.05) is 13.2 Å². The maximum atomic E-state index is 4.94. The maximum absolute atomic E-state index is 4.94. The van der Waals surface area contributed by atoms with E-state index in [0.717, 1.165) is 19.6 Å². The molecule has 1 saturated heterocycles. The summed E-state index contributed by atoms with van der Waals surface area (Å²) in [4.78, 5) is 0. The summed E-state index contributed by atoms with van der Waals surface area (Å²) in [6, 6.07) is 0. The van der Waals surface area contributed by atoms with Crippen molar-refractivity contribution in [2.24, 2.45) is 0 Å². The fraction of sp³-hybridized carbons (Fsp3) is 0.857. The zero-order valence-electron chi connectivity index (χ0n) is 6.74. The van der Waals surface area contributed by atoms with Gasteiger partial charge in [-0.3, -0.25) is 0 Å². The fourth-order valence-electron chi connectivity index (χ4n) is 0.510. The molecule has 1 heterocycles. The van der Waals surface area contributed by atoms with Crippen molar-refractivity contribution >= 4 is 0 Å². The van der Waals surface area contributed by atoms with Crippen molar-refractivity contribution < 1.29 is 36.6 Å². The first-order valence-electron chi connectivity index (χ1n) is 3.28. The van der Waals surface area contributed by atoms with Crippen LogP contribution in [0.25, 0.3) is 0 Å². The average Bonchev–Trinajstić information content (AvgIpc) is 2.17. The largest absolute Gasteiger partial charge is 2.00 e. The van der Waals surface area contributed by atoms with Crippen LogP contribution in [-0.2, 0) is 24.2 Å². The van der Waals surface area contributed by atoms with Gasteiger partial charge in [-0.05, 0) is 12.8 Å². The molecule has 1 nitrogen and oxygen atoms in total. The van der Waals surface area contributed by atoms with Crippen molar-refractivity contribution in [1.29, 1.82) is 0 Å². The first-order valence-corrected chi connectivity index (χ1v) is 3.28. The molecular weight excluding hydrogens is 201 g/mol. The van der Waals surface area contributed by atoms with Crippen molar-refractivity contribution in [3.05, 3.63) is 6.92 Å². The Balaban J connectivity index is -0.0000000900. The van der Waals surface area contributed by atoms with Crippen LogP contribution in [0, 0.1) is 6.92 Å². The van der Waals surface area contributed by atoms with Gasteiger partial charge in [0.2, 0.25) is 0 Å². The van der Waals surface area contributed by atoms with Crippen molar-refractivity contribution in [3.63, 3.8) is 0 Å². The summed E-state index contributed by atoms with van der Waals surface area (Å²) in [6.07, 6.45) is 3.56. The molecule has 1 rings (SSSR count). The van der Waals surface area contributed by atoms with E-state index in [1.54, 1.807) is 0 Å². The van der Waals surface area contributed by atoms with E-state index in [9.17, 15) is 0 Å². The molecule has 3 heteroatoms.